The summed E-state index contributed by atoms with van der Waals surface area (Å²) in [5, 5.41) is 6.72. The van der Waals surface area contributed by atoms with Crippen molar-refractivity contribution in [2.75, 3.05) is 5.32 Å². The molecule has 0 radical (unpaired) electrons. The van der Waals surface area contributed by atoms with Gasteiger partial charge in [0, 0.05) is 11.7 Å². The van der Waals surface area contributed by atoms with E-state index in [1.807, 2.05) is 38.1 Å². The lowest BCUT2D eigenvalue weighted by Gasteiger charge is -2.59. The fraction of sp³-hybridized carbons (Fsp3) is 0.682. The van der Waals surface area contributed by atoms with Gasteiger partial charge in [-0.1, -0.05) is 12.1 Å². The number of amides is 1. The first-order valence-electron chi connectivity index (χ1n) is 10.1. The number of rotatable bonds is 5. The molecule has 25 heavy (non-hydrogen) atoms. The number of hydrogen-bond acceptors (Lipinski definition) is 2. The van der Waals surface area contributed by atoms with Crippen molar-refractivity contribution in [1.29, 1.82) is 0 Å². The van der Waals surface area contributed by atoms with Crippen LogP contribution in [-0.4, -0.2) is 18.0 Å². The van der Waals surface area contributed by atoms with E-state index in [0.717, 1.165) is 23.4 Å². The van der Waals surface area contributed by atoms with Crippen LogP contribution in [-0.2, 0) is 4.79 Å². The molecule has 0 heterocycles. The summed E-state index contributed by atoms with van der Waals surface area (Å²) in [6, 6.07) is 8.27. The van der Waals surface area contributed by atoms with Gasteiger partial charge in [0.2, 0.25) is 5.91 Å². The SMILES string of the molecule is Cc1cccc(NC(=O)[C@H](C)N[C@H](C)C23CC4CC(CC(C4)C2)C3)c1. The molecule has 0 spiro atoms. The Labute approximate surface area is 152 Å². The van der Waals surface area contributed by atoms with Gasteiger partial charge < -0.3 is 10.6 Å². The standard InChI is InChI=1S/C22H32N2O/c1-14-5-4-6-20(7-14)24-21(25)15(2)23-16(3)22-11-17-8-18(12-22)10-19(9-17)13-22/h4-7,15-19,23H,8-13H2,1-3H3,(H,24,25)/t15-,16+,17?,18?,19?,22?/m0/s1. The average molecular weight is 341 g/mol. The summed E-state index contributed by atoms with van der Waals surface area (Å²) in [6.07, 6.45) is 8.53. The van der Waals surface area contributed by atoms with Gasteiger partial charge in [-0.2, -0.15) is 0 Å². The van der Waals surface area contributed by atoms with Crippen molar-refractivity contribution in [3.05, 3.63) is 29.8 Å². The van der Waals surface area contributed by atoms with Gasteiger partial charge in [0.25, 0.3) is 0 Å². The molecule has 1 aromatic rings. The van der Waals surface area contributed by atoms with Crippen molar-refractivity contribution in [3.63, 3.8) is 0 Å². The molecule has 0 aromatic heterocycles. The second kappa shape index (κ2) is 6.42. The molecule has 2 N–H and O–H groups in total. The molecule has 4 fully saturated rings. The summed E-state index contributed by atoms with van der Waals surface area (Å²) in [5.41, 5.74) is 2.49. The Morgan fingerprint density at radius 1 is 1.08 bits per heavy atom. The molecule has 3 nitrogen and oxygen atoms in total. The first kappa shape index (κ1) is 17.1. The summed E-state index contributed by atoms with van der Waals surface area (Å²) in [4.78, 5) is 12.6. The largest absolute Gasteiger partial charge is 0.325 e. The highest BCUT2D eigenvalue weighted by Gasteiger charge is 2.53. The number of carbonyl (C=O) groups excluding carboxylic acids is 1. The summed E-state index contributed by atoms with van der Waals surface area (Å²) in [6.45, 7) is 6.37. The second-order valence-corrected chi connectivity index (χ2v) is 9.25. The van der Waals surface area contributed by atoms with Crippen molar-refractivity contribution in [2.24, 2.45) is 23.2 Å². The van der Waals surface area contributed by atoms with E-state index in [4.69, 9.17) is 0 Å². The monoisotopic (exact) mass is 340 g/mol. The zero-order valence-corrected chi connectivity index (χ0v) is 15.8. The summed E-state index contributed by atoms with van der Waals surface area (Å²) in [5.74, 6) is 2.92. The lowest BCUT2D eigenvalue weighted by atomic mass is 9.48. The van der Waals surface area contributed by atoms with Crippen LogP contribution < -0.4 is 10.6 Å². The fourth-order valence-electron chi connectivity index (χ4n) is 6.31. The van der Waals surface area contributed by atoms with Gasteiger partial charge in [-0.25, -0.2) is 0 Å². The van der Waals surface area contributed by atoms with E-state index < -0.39 is 0 Å². The normalized spacial score (nSPS) is 35.4. The van der Waals surface area contributed by atoms with E-state index in [-0.39, 0.29) is 11.9 Å². The third-order valence-electron chi connectivity index (χ3n) is 7.18. The van der Waals surface area contributed by atoms with Crippen molar-refractivity contribution >= 4 is 11.6 Å². The number of anilines is 1. The zero-order valence-electron chi connectivity index (χ0n) is 15.8. The number of benzene rings is 1. The van der Waals surface area contributed by atoms with E-state index in [1.165, 1.54) is 44.1 Å². The van der Waals surface area contributed by atoms with Crippen LogP contribution in [0.3, 0.4) is 0 Å². The lowest BCUT2D eigenvalue weighted by molar-refractivity contribution is -0.119. The Morgan fingerprint density at radius 3 is 2.24 bits per heavy atom. The Balaban J connectivity index is 1.38. The van der Waals surface area contributed by atoms with Crippen LogP contribution in [0.1, 0.15) is 57.9 Å². The summed E-state index contributed by atoms with van der Waals surface area (Å²) < 4.78 is 0. The maximum Gasteiger partial charge on any atom is 0.241 e. The molecule has 5 rings (SSSR count). The van der Waals surface area contributed by atoms with Gasteiger partial charge in [0.05, 0.1) is 6.04 Å². The Morgan fingerprint density at radius 2 is 1.68 bits per heavy atom. The molecule has 0 saturated heterocycles. The predicted octanol–water partition coefficient (Wildman–Crippen LogP) is 4.52. The highest BCUT2D eigenvalue weighted by molar-refractivity contribution is 5.94. The smallest absolute Gasteiger partial charge is 0.241 e. The van der Waals surface area contributed by atoms with Crippen LogP contribution in [0, 0.1) is 30.1 Å². The minimum atomic E-state index is -0.163. The van der Waals surface area contributed by atoms with Crippen LogP contribution in [0.4, 0.5) is 5.69 Å². The van der Waals surface area contributed by atoms with Gasteiger partial charge in [0.15, 0.2) is 0 Å². The zero-order chi connectivity index (χ0) is 17.6. The maximum absolute atomic E-state index is 12.6. The van der Waals surface area contributed by atoms with Gasteiger partial charge in [-0.05, 0) is 100 Å². The van der Waals surface area contributed by atoms with Crippen molar-refractivity contribution in [3.8, 4) is 0 Å². The maximum atomic E-state index is 12.6. The fourth-order valence-corrected chi connectivity index (χ4v) is 6.31. The molecule has 4 saturated carbocycles. The van der Waals surface area contributed by atoms with E-state index >= 15 is 0 Å². The van der Waals surface area contributed by atoms with Gasteiger partial charge in [-0.15, -0.1) is 0 Å². The molecule has 0 unspecified atom stereocenters. The third kappa shape index (κ3) is 3.36. The quantitative estimate of drug-likeness (QED) is 0.827. The Bertz CT molecular complexity index is 618. The Hall–Kier alpha value is -1.35. The number of hydrogen-bond donors (Lipinski definition) is 2. The first-order chi connectivity index (χ1) is 11.9. The minimum absolute atomic E-state index is 0.0715. The number of aryl methyl sites for hydroxylation is 1. The van der Waals surface area contributed by atoms with Crippen LogP contribution in [0.15, 0.2) is 24.3 Å². The molecule has 4 bridgehead atoms. The van der Waals surface area contributed by atoms with E-state index in [2.05, 4.69) is 17.6 Å². The summed E-state index contributed by atoms with van der Waals surface area (Å²) >= 11 is 0. The Kier molecular flexibility index (Phi) is 4.39. The molecule has 3 heteroatoms. The molecule has 1 aromatic carbocycles. The van der Waals surface area contributed by atoms with E-state index in [1.54, 1.807) is 0 Å². The predicted molar refractivity (Wildman–Crippen MR) is 102 cm³/mol. The van der Waals surface area contributed by atoms with Crippen LogP contribution in [0.25, 0.3) is 0 Å². The van der Waals surface area contributed by atoms with Gasteiger partial charge >= 0.3 is 0 Å². The van der Waals surface area contributed by atoms with E-state index in [0.29, 0.717) is 11.5 Å². The minimum Gasteiger partial charge on any atom is -0.325 e. The first-order valence-corrected chi connectivity index (χ1v) is 10.1. The topological polar surface area (TPSA) is 41.1 Å². The average Bonchev–Trinajstić information content (AvgIpc) is 2.53. The molecule has 4 aliphatic rings. The van der Waals surface area contributed by atoms with Crippen LogP contribution in [0.5, 0.6) is 0 Å². The van der Waals surface area contributed by atoms with Crippen molar-refractivity contribution < 1.29 is 4.79 Å². The molecular weight excluding hydrogens is 308 g/mol. The molecule has 136 valence electrons. The molecule has 2 atom stereocenters. The van der Waals surface area contributed by atoms with Crippen molar-refractivity contribution in [1.82, 2.24) is 5.32 Å². The van der Waals surface area contributed by atoms with Crippen LogP contribution in [0.2, 0.25) is 0 Å². The van der Waals surface area contributed by atoms with Crippen LogP contribution >= 0.6 is 0 Å². The molecule has 0 aliphatic heterocycles. The molecule has 4 aliphatic carbocycles. The highest BCUT2D eigenvalue weighted by atomic mass is 16.2. The number of nitrogens with one attached hydrogen (secondary N) is 2. The highest BCUT2D eigenvalue weighted by Crippen LogP contribution is 2.61. The van der Waals surface area contributed by atoms with Gasteiger partial charge in [-0.3, -0.25) is 4.79 Å². The van der Waals surface area contributed by atoms with E-state index in [9.17, 15) is 4.79 Å². The molecular formula is C22H32N2O. The van der Waals surface area contributed by atoms with Crippen molar-refractivity contribution in [2.45, 2.75) is 71.4 Å². The molecule has 1 amide bonds. The second-order valence-electron chi connectivity index (χ2n) is 9.25. The third-order valence-corrected chi connectivity index (χ3v) is 7.18. The number of carbonyl (C=O) groups is 1. The van der Waals surface area contributed by atoms with Gasteiger partial charge in [0.1, 0.15) is 0 Å². The summed E-state index contributed by atoms with van der Waals surface area (Å²) in [7, 11) is 0. The lowest BCUT2D eigenvalue weighted by Crippen LogP contribution is -2.57.